The fraction of sp³-hybridized carbons (Fsp3) is 0.900. The fourth-order valence-electron chi connectivity index (χ4n) is 1.89. The van der Waals surface area contributed by atoms with Gasteiger partial charge in [-0.2, -0.15) is 0 Å². The van der Waals surface area contributed by atoms with E-state index in [1.807, 2.05) is 0 Å². The summed E-state index contributed by atoms with van der Waals surface area (Å²) < 4.78 is 5.24. The predicted octanol–water partition coefficient (Wildman–Crippen LogP) is -0.110. The summed E-state index contributed by atoms with van der Waals surface area (Å²) in [4.78, 5) is 11.7. The molecule has 2 fully saturated rings. The van der Waals surface area contributed by atoms with Crippen LogP contribution in [0.1, 0.15) is 19.8 Å². The summed E-state index contributed by atoms with van der Waals surface area (Å²) in [6.07, 6.45) is 2.31. The first-order valence-electron chi connectivity index (χ1n) is 5.42. The summed E-state index contributed by atoms with van der Waals surface area (Å²) in [5.74, 6) is 0.814. The van der Waals surface area contributed by atoms with Crippen molar-refractivity contribution in [3.05, 3.63) is 0 Å². The van der Waals surface area contributed by atoms with Gasteiger partial charge in [-0.15, -0.1) is 0 Å². The molecule has 0 spiro atoms. The lowest BCUT2D eigenvalue weighted by atomic mass is 10.2. The maximum Gasteiger partial charge on any atom is 0.239 e. The highest BCUT2D eigenvalue weighted by Crippen LogP contribution is 2.33. The van der Waals surface area contributed by atoms with Crippen LogP contribution in [0.2, 0.25) is 0 Å². The Labute approximate surface area is 84.4 Å². The van der Waals surface area contributed by atoms with Crippen LogP contribution in [0.15, 0.2) is 0 Å². The zero-order valence-corrected chi connectivity index (χ0v) is 8.58. The van der Waals surface area contributed by atoms with Crippen molar-refractivity contribution in [3.63, 3.8) is 0 Å². The number of rotatable bonds is 3. The Kier molecular flexibility index (Phi) is 3.03. The monoisotopic (exact) mass is 198 g/mol. The molecule has 2 rings (SSSR count). The highest BCUT2D eigenvalue weighted by molar-refractivity contribution is 5.82. The van der Waals surface area contributed by atoms with E-state index in [2.05, 4.69) is 17.6 Å². The minimum Gasteiger partial charge on any atom is -0.378 e. The SMILES string of the molecule is CCC1CC1NC(=O)C1COCCN1. The van der Waals surface area contributed by atoms with E-state index < -0.39 is 0 Å². The van der Waals surface area contributed by atoms with Crippen LogP contribution in [0.5, 0.6) is 0 Å². The molecule has 2 N–H and O–H groups in total. The first-order chi connectivity index (χ1) is 6.81. The number of hydrogen-bond acceptors (Lipinski definition) is 3. The zero-order chi connectivity index (χ0) is 9.97. The lowest BCUT2D eigenvalue weighted by Crippen LogP contribution is -2.51. The predicted molar refractivity (Wildman–Crippen MR) is 52.9 cm³/mol. The molecule has 4 nitrogen and oxygen atoms in total. The van der Waals surface area contributed by atoms with Crippen LogP contribution >= 0.6 is 0 Å². The molecule has 3 atom stereocenters. The van der Waals surface area contributed by atoms with Crippen molar-refractivity contribution in [1.82, 2.24) is 10.6 Å². The molecule has 0 aromatic carbocycles. The van der Waals surface area contributed by atoms with Crippen LogP contribution in [0.25, 0.3) is 0 Å². The summed E-state index contributed by atoms with van der Waals surface area (Å²) >= 11 is 0. The molecular weight excluding hydrogens is 180 g/mol. The van der Waals surface area contributed by atoms with E-state index in [4.69, 9.17) is 4.74 Å². The molecule has 1 aliphatic heterocycles. The standard InChI is InChI=1S/C10H18N2O2/c1-2-7-5-8(7)12-10(13)9-6-14-4-3-11-9/h7-9,11H,2-6H2,1H3,(H,12,13). The first-order valence-corrected chi connectivity index (χ1v) is 5.42. The van der Waals surface area contributed by atoms with Crippen molar-refractivity contribution >= 4 is 5.91 Å². The van der Waals surface area contributed by atoms with E-state index in [0.717, 1.165) is 13.0 Å². The van der Waals surface area contributed by atoms with Crippen molar-refractivity contribution in [2.75, 3.05) is 19.8 Å². The first kappa shape index (κ1) is 9.93. The summed E-state index contributed by atoms with van der Waals surface area (Å²) in [7, 11) is 0. The average molecular weight is 198 g/mol. The van der Waals surface area contributed by atoms with Crippen LogP contribution in [-0.2, 0) is 9.53 Å². The van der Waals surface area contributed by atoms with Gasteiger partial charge in [0.1, 0.15) is 6.04 Å². The van der Waals surface area contributed by atoms with Gasteiger partial charge in [0.15, 0.2) is 0 Å². The molecule has 4 heteroatoms. The second kappa shape index (κ2) is 4.28. The number of nitrogens with one attached hydrogen (secondary N) is 2. The van der Waals surface area contributed by atoms with Crippen LogP contribution in [0.3, 0.4) is 0 Å². The van der Waals surface area contributed by atoms with Crippen molar-refractivity contribution in [3.8, 4) is 0 Å². The molecule has 14 heavy (non-hydrogen) atoms. The molecule has 2 aliphatic rings. The smallest absolute Gasteiger partial charge is 0.239 e. The van der Waals surface area contributed by atoms with Crippen LogP contribution in [0, 0.1) is 5.92 Å². The van der Waals surface area contributed by atoms with Gasteiger partial charge in [-0.05, 0) is 12.3 Å². The molecule has 80 valence electrons. The van der Waals surface area contributed by atoms with Crippen molar-refractivity contribution in [2.24, 2.45) is 5.92 Å². The molecule has 3 unspecified atom stereocenters. The Bertz CT molecular complexity index is 214. The normalized spacial score (nSPS) is 36.5. The molecule has 1 heterocycles. The lowest BCUT2D eigenvalue weighted by Gasteiger charge is -2.22. The Hall–Kier alpha value is -0.610. The number of carbonyl (C=O) groups excluding carboxylic acids is 1. The van der Waals surface area contributed by atoms with Crippen LogP contribution in [-0.4, -0.2) is 37.7 Å². The van der Waals surface area contributed by atoms with Crippen molar-refractivity contribution < 1.29 is 9.53 Å². The molecule has 1 saturated carbocycles. The molecule has 0 aromatic heterocycles. The van der Waals surface area contributed by atoms with Crippen LogP contribution < -0.4 is 10.6 Å². The fourth-order valence-corrected chi connectivity index (χ4v) is 1.89. The number of carbonyl (C=O) groups is 1. The van der Waals surface area contributed by atoms with Crippen LogP contribution in [0.4, 0.5) is 0 Å². The largest absolute Gasteiger partial charge is 0.378 e. The molecule has 0 bridgehead atoms. The van der Waals surface area contributed by atoms with Crippen molar-refractivity contribution in [2.45, 2.75) is 31.8 Å². The maximum absolute atomic E-state index is 11.7. The quantitative estimate of drug-likeness (QED) is 0.665. The van der Waals surface area contributed by atoms with Gasteiger partial charge in [0.2, 0.25) is 5.91 Å². The Morgan fingerprint density at radius 2 is 2.50 bits per heavy atom. The Morgan fingerprint density at radius 3 is 3.07 bits per heavy atom. The number of ether oxygens (including phenoxy) is 1. The van der Waals surface area contributed by atoms with Gasteiger partial charge < -0.3 is 15.4 Å². The number of hydrogen-bond donors (Lipinski definition) is 2. The minimum atomic E-state index is -0.137. The van der Waals surface area contributed by atoms with Crippen molar-refractivity contribution in [1.29, 1.82) is 0 Å². The van der Waals surface area contributed by atoms with Gasteiger partial charge in [0.25, 0.3) is 0 Å². The molecular formula is C10H18N2O2. The van der Waals surface area contributed by atoms with Gasteiger partial charge >= 0.3 is 0 Å². The average Bonchev–Trinajstić information content (AvgIpc) is 2.98. The topological polar surface area (TPSA) is 50.4 Å². The van der Waals surface area contributed by atoms with Gasteiger partial charge in [-0.1, -0.05) is 13.3 Å². The van der Waals surface area contributed by atoms with E-state index in [1.165, 1.54) is 6.42 Å². The highest BCUT2D eigenvalue weighted by Gasteiger charge is 2.37. The molecule has 1 saturated heterocycles. The number of morpholine rings is 1. The highest BCUT2D eigenvalue weighted by atomic mass is 16.5. The van der Waals surface area contributed by atoms with Gasteiger partial charge in [0.05, 0.1) is 13.2 Å². The summed E-state index contributed by atoms with van der Waals surface area (Å²) in [6.45, 7) is 4.17. The third-order valence-electron chi connectivity index (χ3n) is 3.01. The summed E-state index contributed by atoms with van der Waals surface area (Å²) in [6, 6.07) is 0.290. The van der Waals surface area contributed by atoms with E-state index in [-0.39, 0.29) is 11.9 Å². The third-order valence-corrected chi connectivity index (χ3v) is 3.01. The minimum absolute atomic E-state index is 0.102. The van der Waals surface area contributed by atoms with E-state index in [9.17, 15) is 4.79 Å². The van der Waals surface area contributed by atoms with Gasteiger partial charge in [-0.3, -0.25) is 4.79 Å². The van der Waals surface area contributed by atoms with Gasteiger partial charge in [0, 0.05) is 12.6 Å². The Balaban J connectivity index is 1.72. The van der Waals surface area contributed by atoms with Gasteiger partial charge in [-0.25, -0.2) is 0 Å². The summed E-state index contributed by atoms with van der Waals surface area (Å²) in [5, 5.41) is 6.19. The molecule has 0 radical (unpaired) electrons. The van der Waals surface area contributed by atoms with E-state index >= 15 is 0 Å². The number of amides is 1. The molecule has 1 aliphatic carbocycles. The summed E-state index contributed by atoms with van der Waals surface area (Å²) in [5.41, 5.74) is 0. The second-order valence-electron chi connectivity index (χ2n) is 4.10. The molecule has 1 amide bonds. The third kappa shape index (κ3) is 2.25. The van der Waals surface area contributed by atoms with E-state index in [1.54, 1.807) is 0 Å². The Morgan fingerprint density at radius 1 is 1.64 bits per heavy atom. The maximum atomic E-state index is 11.7. The second-order valence-corrected chi connectivity index (χ2v) is 4.10. The zero-order valence-electron chi connectivity index (χ0n) is 8.58. The van der Waals surface area contributed by atoms with E-state index in [0.29, 0.717) is 25.2 Å². The molecule has 0 aromatic rings. The lowest BCUT2D eigenvalue weighted by molar-refractivity contribution is -0.126.